The van der Waals surface area contributed by atoms with Crippen LogP contribution in [0, 0.1) is 0 Å². The number of carboxylic acids is 1. The van der Waals surface area contributed by atoms with Gasteiger partial charge in [-0.15, -0.1) is 0 Å². The van der Waals surface area contributed by atoms with Gasteiger partial charge < -0.3 is 14.3 Å². The minimum Gasteiger partial charge on any atom is -0.475 e. The van der Waals surface area contributed by atoms with Crippen LogP contribution < -0.4 is 5.32 Å². The minimum absolute atomic E-state index is 0.386. The average molecular weight is 214 g/mol. The van der Waals surface area contributed by atoms with E-state index in [0.29, 0.717) is 0 Å². The Bertz CT molecular complexity index is 409. The predicted molar refractivity (Wildman–Crippen MR) is 44.1 cm³/mol. The number of nitrogens with one attached hydrogen (secondary N) is 1. The maximum absolute atomic E-state index is 10.9. The van der Waals surface area contributed by atoms with Gasteiger partial charge in [0.1, 0.15) is 0 Å². The zero-order valence-electron chi connectivity index (χ0n) is 7.51. The van der Waals surface area contributed by atoms with Crippen molar-refractivity contribution < 1.29 is 28.6 Å². The van der Waals surface area contributed by atoms with E-state index in [4.69, 9.17) is 5.11 Å². The van der Waals surface area contributed by atoms with Crippen LogP contribution in [-0.2, 0) is 14.3 Å². The number of methoxy groups -OCH3 is 1. The third kappa shape index (κ3) is 2.53. The van der Waals surface area contributed by atoms with Gasteiger partial charge in [0.25, 0.3) is 0 Å². The highest BCUT2D eigenvalue weighted by Gasteiger charge is 2.18. The Kier molecular flexibility index (Phi) is 3.01. The molecule has 0 saturated heterocycles. The summed E-state index contributed by atoms with van der Waals surface area (Å²) < 4.78 is 8.66. The first-order valence-corrected chi connectivity index (χ1v) is 3.63. The van der Waals surface area contributed by atoms with Crippen LogP contribution in [0.4, 0.5) is 6.01 Å². The summed E-state index contributed by atoms with van der Waals surface area (Å²) in [6.07, 6.45) is 0.898. The number of carboxylic acid groups (broad SMARTS) is 1. The van der Waals surface area contributed by atoms with Crippen molar-refractivity contribution in [2.24, 2.45) is 0 Å². The van der Waals surface area contributed by atoms with Crippen molar-refractivity contribution in [1.82, 2.24) is 4.98 Å². The van der Waals surface area contributed by atoms with Crippen molar-refractivity contribution in [3.05, 3.63) is 12.0 Å². The quantitative estimate of drug-likeness (QED) is 0.502. The molecule has 0 radical (unpaired) electrons. The molecule has 1 amide bonds. The first-order chi connectivity index (χ1) is 7.04. The third-order valence-corrected chi connectivity index (χ3v) is 1.31. The molecule has 0 atom stereocenters. The van der Waals surface area contributed by atoms with Crippen molar-refractivity contribution in [2.75, 3.05) is 12.4 Å². The molecule has 1 rings (SSSR count). The van der Waals surface area contributed by atoms with Crippen LogP contribution in [0.1, 0.15) is 10.6 Å². The molecule has 0 spiro atoms. The summed E-state index contributed by atoms with van der Waals surface area (Å²) in [4.78, 5) is 35.3. The number of oxazole rings is 1. The molecule has 8 heteroatoms. The average Bonchev–Trinajstić information content (AvgIpc) is 2.65. The molecule has 0 aliphatic heterocycles. The highest BCUT2D eigenvalue weighted by molar-refractivity contribution is 6.37. The number of ether oxygens (including phenoxy) is 1. The van der Waals surface area contributed by atoms with Crippen molar-refractivity contribution >= 4 is 23.9 Å². The first-order valence-electron chi connectivity index (χ1n) is 3.63. The standard InChI is InChI=1S/C7H6N2O6/c1-14-6(13)4(10)9-7-8-2-3(15-7)5(11)12/h2H,1H3,(H,11,12)(H,8,9,10). The molecule has 0 saturated carbocycles. The number of rotatable bonds is 2. The van der Waals surface area contributed by atoms with Crippen molar-refractivity contribution in [2.45, 2.75) is 0 Å². The molecular formula is C7H6N2O6. The minimum atomic E-state index is -1.33. The highest BCUT2D eigenvalue weighted by atomic mass is 16.5. The van der Waals surface area contributed by atoms with E-state index >= 15 is 0 Å². The Morgan fingerprint density at radius 3 is 2.67 bits per heavy atom. The second-order valence-electron chi connectivity index (χ2n) is 2.28. The predicted octanol–water partition coefficient (Wildman–Crippen LogP) is -0.516. The number of carbonyl (C=O) groups is 3. The molecule has 15 heavy (non-hydrogen) atoms. The maximum atomic E-state index is 10.9. The number of hydrogen-bond acceptors (Lipinski definition) is 6. The molecule has 0 aromatic carbocycles. The van der Waals surface area contributed by atoms with Crippen LogP contribution in [0.2, 0.25) is 0 Å². The molecule has 0 bridgehead atoms. The van der Waals surface area contributed by atoms with Crippen LogP contribution >= 0.6 is 0 Å². The van der Waals surface area contributed by atoms with Crippen LogP contribution in [0.15, 0.2) is 10.6 Å². The van der Waals surface area contributed by atoms with Gasteiger partial charge in [-0.05, 0) is 0 Å². The van der Waals surface area contributed by atoms with Gasteiger partial charge in [0.05, 0.1) is 13.3 Å². The topological polar surface area (TPSA) is 119 Å². The summed E-state index contributed by atoms with van der Waals surface area (Å²) in [7, 11) is 1.03. The van der Waals surface area contributed by atoms with E-state index in [1.165, 1.54) is 0 Å². The molecule has 8 nitrogen and oxygen atoms in total. The summed E-state index contributed by atoms with van der Waals surface area (Å²) in [5.41, 5.74) is 0. The Balaban J connectivity index is 2.69. The summed E-state index contributed by atoms with van der Waals surface area (Å²) >= 11 is 0. The van der Waals surface area contributed by atoms with Crippen molar-refractivity contribution in [3.63, 3.8) is 0 Å². The molecule has 1 aromatic rings. The number of esters is 1. The summed E-state index contributed by atoms with van der Waals surface area (Å²) in [6.45, 7) is 0. The van der Waals surface area contributed by atoms with Crippen LogP contribution in [0.5, 0.6) is 0 Å². The van der Waals surface area contributed by atoms with Crippen molar-refractivity contribution in [1.29, 1.82) is 0 Å². The lowest BCUT2D eigenvalue weighted by Crippen LogP contribution is -2.23. The monoisotopic (exact) mass is 214 g/mol. The molecular weight excluding hydrogens is 208 g/mol. The lowest BCUT2D eigenvalue weighted by molar-refractivity contribution is -0.150. The number of hydrogen-bond donors (Lipinski definition) is 2. The molecule has 1 aromatic heterocycles. The molecule has 80 valence electrons. The second kappa shape index (κ2) is 4.22. The number of aromatic carboxylic acids is 1. The SMILES string of the molecule is COC(=O)C(=O)Nc1ncc(C(=O)O)o1. The number of nitrogens with zero attached hydrogens (tertiary/aromatic N) is 1. The van der Waals surface area contributed by atoms with E-state index in [1.54, 1.807) is 0 Å². The second-order valence-corrected chi connectivity index (χ2v) is 2.28. The van der Waals surface area contributed by atoms with Gasteiger partial charge in [0.2, 0.25) is 5.76 Å². The number of aromatic nitrogens is 1. The summed E-state index contributed by atoms with van der Waals surface area (Å²) in [5.74, 6) is -4.02. The fourth-order valence-corrected chi connectivity index (χ4v) is 0.672. The normalized spacial score (nSPS) is 9.40. The zero-order valence-corrected chi connectivity index (χ0v) is 7.51. The van der Waals surface area contributed by atoms with Gasteiger partial charge >= 0.3 is 23.9 Å². The Morgan fingerprint density at radius 1 is 1.53 bits per heavy atom. The molecule has 0 aliphatic carbocycles. The Labute approximate surface area is 82.8 Å². The fraction of sp³-hybridized carbons (Fsp3) is 0.143. The smallest absolute Gasteiger partial charge is 0.397 e. The Hall–Kier alpha value is -2.38. The number of carbonyl (C=O) groups excluding carboxylic acids is 2. The molecule has 2 N–H and O–H groups in total. The number of anilines is 1. The molecule has 0 aliphatic rings. The summed E-state index contributed by atoms with van der Waals surface area (Å²) in [5, 5.41) is 10.4. The van der Waals surface area contributed by atoms with Gasteiger partial charge in [-0.25, -0.2) is 14.6 Å². The maximum Gasteiger partial charge on any atom is 0.397 e. The van der Waals surface area contributed by atoms with E-state index in [-0.39, 0.29) is 6.01 Å². The van der Waals surface area contributed by atoms with Gasteiger partial charge in [-0.3, -0.25) is 10.1 Å². The third-order valence-electron chi connectivity index (χ3n) is 1.31. The van der Waals surface area contributed by atoms with Gasteiger partial charge in [-0.1, -0.05) is 0 Å². The van der Waals surface area contributed by atoms with Crippen LogP contribution in [0.25, 0.3) is 0 Å². The Morgan fingerprint density at radius 2 is 2.20 bits per heavy atom. The fourth-order valence-electron chi connectivity index (χ4n) is 0.672. The van der Waals surface area contributed by atoms with Gasteiger partial charge in [0, 0.05) is 0 Å². The molecule has 0 unspecified atom stereocenters. The highest BCUT2D eigenvalue weighted by Crippen LogP contribution is 2.08. The van der Waals surface area contributed by atoms with E-state index < -0.39 is 23.6 Å². The lowest BCUT2D eigenvalue weighted by Gasteiger charge is -1.96. The largest absolute Gasteiger partial charge is 0.475 e. The van der Waals surface area contributed by atoms with E-state index in [0.717, 1.165) is 13.3 Å². The van der Waals surface area contributed by atoms with Crippen LogP contribution in [-0.4, -0.2) is 35.0 Å². The van der Waals surface area contributed by atoms with Gasteiger partial charge in [0.15, 0.2) is 0 Å². The zero-order chi connectivity index (χ0) is 11.4. The van der Waals surface area contributed by atoms with Gasteiger partial charge in [-0.2, -0.15) is 0 Å². The van der Waals surface area contributed by atoms with E-state index in [9.17, 15) is 14.4 Å². The van der Waals surface area contributed by atoms with E-state index in [1.807, 2.05) is 5.32 Å². The number of amides is 1. The van der Waals surface area contributed by atoms with Crippen molar-refractivity contribution in [3.8, 4) is 0 Å². The molecule has 0 fully saturated rings. The lowest BCUT2D eigenvalue weighted by atomic mass is 10.5. The molecule has 1 heterocycles. The first kappa shape index (κ1) is 10.7. The van der Waals surface area contributed by atoms with E-state index in [2.05, 4.69) is 14.1 Å². The summed E-state index contributed by atoms with van der Waals surface area (Å²) in [6, 6.07) is -0.386. The van der Waals surface area contributed by atoms with Crippen LogP contribution in [0.3, 0.4) is 0 Å².